The van der Waals surface area contributed by atoms with Crippen molar-refractivity contribution in [1.82, 2.24) is 25.5 Å². The Bertz CT molecular complexity index is 1750. The van der Waals surface area contributed by atoms with Crippen molar-refractivity contribution in [3.05, 3.63) is 94.3 Å². The van der Waals surface area contributed by atoms with Crippen LogP contribution in [0.1, 0.15) is 27.3 Å². The average molecular weight is 524 g/mol. The van der Waals surface area contributed by atoms with E-state index in [4.69, 9.17) is 11.6 Å². The zero-order valence-corrected chi connectivity index (χ0v) is 20.5. The van der Waals surface area contributed by atoms with Gasteiger partial charge < -0.3 is 5.32 Å². The van der Waals surface area contributed by atoms with Crippen LogP contribution in [0.3, 0.4) is 0 Å². The highest BCUT2D eigenvalue weighted by Gasteiger charge is 2.17. The molecule has 8 nitrogen and oxygen atoms in total. The van der Waals surface area contributed by atoms with E-state index in [0.717, 1.165) is 29.0 Å². The number of rotatable bonds is 6. The van der Waals surface area contributed by atoms with Gasteiger partial charge in [0, 0.05) is 45.9 Å². The van der Waals surface area contributed by atoms with Crippen LogP contribution >= 0.6 is 11.6 Å². The summed E-state index contributed by atoms with van der Waals surface area (Å²) in [7, 11) is -3.61. The number of carbonyl (C=O) groups excluding carboxylic acids is 1. The zero-order chi connectivity index (χ0) is 25.4. The van der Waals surface area contributed by atoms with Gasteiger partial charge in [-0.2, -0.15) is 5.10 Å². The number of fused-ring (bicyclic) bond motifs is 2. The van der Waals surface area contributed by atoms with Crippen LogP contribution in [0.4, 0.5) is 4.39 Å². The molecule has 5 aromatic rings. The van der Waals surface area contributed by atoms with E-state index in [1.165, 1.54) is 18.3 Å². The SMILES string of the molecule is CS(=O)(=O)c1cc(Cc2cc(C(=O)NCc3[nH]nc4ccc(Cl)cc34)ccn2)cc2cc(F)cnc12. The molecule has 0 atom stereocenters. The second-order valence-electron chi connectivity index (χ2n) is 8.35. The molecular formula is C25H19ClFN5O3S. The van der Waals surface area contributed by atoms with Gasteiger partial charge in [0.1, 0.15) is 5.82 Å². The first-order chi connectivity index (χ1) is 17.2. The first kappa shape index (κ1) is 23.8. The number of carbonyl (C=O) groups is 1. The average Bonchev–Trinajstić information content (AvgIpc) is 3.23. The Morgan fingerprint density at radius 3 is 2.75 bits per heavy atom. The summed E-state index contributed by atoms with van der Waals surface area (Å²) >= 11 is 6.07. The summed E-state index contributed by atoms with van der Waals surface area (Å²) in [5, 5.41) is 11.7. The highest BCUT2D eigenvalue weighted by atomic mass is 35.5. The highest BCUT2D eigenvalue weighted by Crippen LogP contribution is 2.25. The van der Waals surface area contributed by atoms with Crippen molar-refractivity contribution in [2.45, 2.75) is 17.9 Å². The van der Waals surface area contributed by atoms with E-state index in [2.05, 4.69) is 25.5 Å². The van der Waals surface area contributed by atoms with Crippen molar-refractivity contribution in [1.29, 1.82) is 0 Å². The summed E-state index contributed by atoms with van der Waals surface area (Å²) in [5.74, 6) is -0.881. The minimum absolute atomic E-state index is 0.00999. The van der Waals surface area contributed by atoms with Crippen molar-refractivity contribution in [2.24, 2.45) is 0 Å². The summed E-state index contributed by atoms with van der Waals surface area (Å²) in [6, 6.07) is 12.9. The fourth-order valence-corrected chi connectivity index (χ4v) is 5.06. The Kier molecular flexibility index (Phi) is 6.15. The largest absolute Gasteiger partial charge is 0.346 e. The molecule has 2 aromatic carbocycles. The van der Waals surface area contributed by atoms with Gasteiger partial charge in [-0.1, -0.05) is 11.6 Å². The van der Waals surface area contributed by atoms with Crippen molar-refractivity contribution < 1.29 is 17.6 Å². The lowest BCUT2D eigenvalue weighted by atomic mass is 10.0. The molecular weight excluding hydrogens is 505 g/mol. The second kappa shape index (κ2) is 9.29. The number of amides is 1. The minimum Gasteiger partial charge on any atom is -0.346 e. The number of hydrogen-bond donors (Lipinski definition) is 2. The normalized spacial score (nSPS) is 11.8. The first-order valence-electron chi connectivity index (χ1n) is 10.8. The Morgan fingerprint density at radius 1 is 1.11 bits per heavy atom. The van der Waals surface area contributed by atoms with E-state index in [9.17, 15) is 17.6 Å². The topological polar surface area (TPSA) is 118 Å². The minimum atomic E-state index is -3.61. The van der Waals surface area contributed by atoms with E-state index in [-0.39, 0.29) is 29.3 Å². The highest BCUT2D eigenvalue weighted by molar-refractivity contribution is 7.91. The standard InChI is InChI=1S/C25H19ClFN5O3S/c1-36(34,35)23-8-14(6-16-9-18(27)12-29-24(16)23)7-19-10-15(4-5-28-19)25(33)30-13-22-20-11-17(26)2-3-21(20)31-32-22/h2-6,8-12H,7,13H2,1H3,(H,30,33)(H,31,32). The van der Waals surface area contributed by atoms with E-state index >= 15 is 0 Å². The van der Waals surface area contributed by atoms with Crippen molar-refractivity contribution in [3.63, 3.8) is 0 Å². The summed E-state index contributed by atoms with van der Waals surface area (Å²) in [6.07, 6.45) is 3.81. The zero-order valence-electron chi connectivity index (χ0n) is 18.9. The maximum atomic E-state index is 13.8. The molecule has 0 unspecified atom stereocenters. The monoisotopic (exact) mass is 523 g/mol. The van der Waals surface area contributed by atoms with Crippen LogP contribution < -0.4 is 5.32 Å². The maximum absolute atomic E-state index is 13.8. The van der Waals surface area contributed by atoms with Gasteiger partial charge in [0.2, 0.25) is 0 Å². The number of nitrogens with one attached hydrogen (secondary N) is 2. The Labute approximate surface area is 210 Å². The number of aromatic nitrogens is 4. The Hall–Kier alpha value is -3.89. The van der Waals surface area contributed by atoms with Crippen LogP contribution in [-0.2, 0) is 22.8 Å². The third-order valence-corrected chi connectivity index (χ3v) is 7.00. The first-order valence-corrected chi connectivity index (χ1v) is 13.1. The number of sulfone groups is 1. The second-order valence-corrected chi connectivity index (χ2v) is 10.8. The molecule has 0 radical (unpaired) electrons. The van der Waals surface area contributed by atoms with Gasteiger partial charge in [0.05, 0.1) is 34.4 Å². The molecule has 0 bridgehead atoms. The van der Waals surface area contributed by atoms with Crippen LogP contribution in [0, 0.1) is 5.82 Å². The molecule has 3 aromatic heterocycles. The molecule has 3 heterocycles. The molecule has 0 fully saturated rings. The van der Waals surface area contributed by atoms with Crippen LogP contribution in [0.25, 0.3) is 21.8 Å². The number of nitrogens with zero attached hydrogens (tertiary/aromatic N) is 3. The molecule has 1 amide bonds. The van der Waals surface area contributed by atoms with Crippen LogP contribution in [0.5, 0.6) is 0 Å². The van der Waals surface area contributed by atoms with Gasteiger partial charge in [-0.3, -0.25) is 19.9 Å². The third kappa shape index (κ3) is 4.91. The van der Waals surface area contributed by atoms with Crippen LogP contribution in [-0.4, -0.2) is 40.7 Å². The quantitative estimate of drug-likeness (QED) is 0.344. The summed E-state index contributed by atoms with van der Waals surface area (Å²) in [6.45, 7) is 0.217. The number of H-pyrrole nitrogens is 1. The van der Waals surface area contributed by atoms with Gasteiger partial charge in [-0.15, -0.1) is 0 Å². The van der Waals surface area contributed by atoms with Crippen LogP contribution in [0.2, 0.25) is 5.02 Å². The lowest BCUT2D eigenvalue weighted by Crippen LogP contribution is -2.23. The molecule has 0 saturated carbocycles. The van der Waals surface area contributed by atoms with Crippen LogP contribution in [0.15, 0.2) is 65.8 Å². The fourth-order valence-electron chi connectivity index (χ4n) is 4.00. The van der Waals surface area contributed by atoms with Crippen molar-refractivity contribution >= 4 is 49.2 Å². The Morgan fingerprint density at radius 2 is 1.94 bits per heavy atom. The molecule has 0 aliphatic carbocycles. The molecule has 36 heavy (non-hydrogen) atoms. The molecule has 2 N–H and O–H groups in total. The van der Waals surface area contributed by atoms with E-state index < -0.39 is 15.7 Å². The lowest BCUT2D eigenvalue weighted by molar-refractivity contribution is 0.0950. The van der Waals surface area contributed by atoms with Gasteiger partial charge in [-0.05, 0) is 54.1 Å². The van der Waals surface area contributed by atoms with E-state index in [0.29, 0.717) is 27.2 Å². The van der Waals surface area contributed by atoms with Gasteiger partial charge in [0.15, 0.2) is 9.84 Å². The summed E-state index contributed by atoms with van der Waals surface area (Å²) in [4.78, 5) is 21.1. The molecule has 0 spiro atoms. The lowest BCUT2D eigenvalue weighted by Gasteiger charge is -2.10. The third-order valence-electron chi connectivity index (χ3n) is 5.66. The summed E-state index contributed by atoms with van der Waals surface area (Å²) in [5.41, 5.74) is 3.20. The molecule has 11 heteroatoms. The fraction of sp³-hybridized carbons (Fsp3) is 0.120. The molecule has 0 aliphatic heterocycles. The van der Waals surface area contributed by atoms with Crippen molar-refractivity contribution in [3.8, 4) is 0 Å². The smallest absolute Gasteiger partial charge is 0.251 e. The molecule has 5 rings (SSSR count). The van der Waals surface area contributed by atoms with E-state index in [1.54, 1.807) is 36.4 Å². The predicted octanol–water partition coefficient (Wildman–Crippen LogP) is 4.22. The number of aromatic amines is 1. The number of pyridine rings is 2. The van der Waals surface area contributed by atoms with Gasteiger partial charge >= 0.3 is 0 Å². The number of benzene rings is 2. The maximum Gasteiger partial charge on any atom is 0.251 e. The molecule has 182 valence electrons. The molecule has 0 saturated heterocycles. The van der Waals surface area contributed by atoms with Gasteiger partial charge in [0.25, 0.3) is 5.91 Å². The van der Waals surface area contributed by atoms with E-state index in [1.807, 2.05) is 0 Å². The number of halogens is 2. The number of hydrogen-bond acceptors (Lipinski definition) is 6. The molecule has 0 aliphatic rings. The summed E-state index contributed by atoms with van der Waals surface area (Å²) < 4.78 is 38.4. The van der Waals surface area contributed by atoms with Crippen molar-refractivity contribution in [2.75, 3.05) is 6.26 Å². The predicted molar refractivity (Wildman–Crippen MR) is 134 cm³/mol. The van der Waals surface area contributed by atoms with Gasteiger partial charge in [-0.25, -0.2) is 12.8 Å². The Balaban J connectivity index is 1.38.